The van der Waals surface area contributed by atoms with Gasteiger partial charge in [0.25, 0.3) is 11.8 Å². The molecule has 2 N–H and O–H groups in total. The number of halogens is 1. The summed E-state index contributed by atoms with van der Waals surface area (Å²) in [4.78, 5) is 47.1. The summed E-state index contributed by atoms with van der Waals surface area (Å²) in [7, 11) is 0. The molecule has 0 spiro atoms. The molecule has 3 fully saturated rings. The molecule has 3 saturated heterocycles. The molecule has 5 rings (SSSR count). The largest absolute Gasteiger partial charge is 0.378 e. The molecule has 0 bridgehead atoms. The van der Waals surface area contributed by atoms with Gasteiger partial charge in [0.05, 0.1) is 24.6 Å². The molecule has 0 aliphatic carbocycles. The second kappa shape index (κ2) is 12.4. The average Bonchev–Trinajstić information content (AvgIpc) is 3.24. The van der Waals surface area contributed by atoms with Gasteiger partial charge < -0.3 is 35.0 Å². The lowest BCUT2D eigenvalue weighted by molar-refractivity contribution is 0.0438. The summed E-state index contributed by atoms with van der Waals surface area (Å²) in [6.07, 6.45) is 0.767. The Morgan fingerprint density at radius 3 is 2.21 bits per heavy atom. The molecule has 4 amide bonds. The van der Waals surface area contributed by atoms with Crippen LogP contribution in [0.5, 0.6) is 0 Å². The zero-order chi connectivity index (χ0) is 27.2. The Morgan fingerprint density at radius 1 is 0.769 bits per heavy atom. The number of nitrogens with zero attached hydrogens (tertiary/aromatic N) is 4. The smallest absolute Gasteiger partial charge is 0.320 e. The number of piperazine rings is 1. The fourth-order valence-corrected chi connectivity index (χ4v) is 5.20. The van der Waals surface area contributed by atoms with E-state index in [0.29, 0.717) is 82.4 Å². The molecule has 10 nitrogen and oxygen atoms in total. The first kappa shape index (κ1) is 26.9. The minimum atomic E-state index is -0.420. The zero-order valence-corrected chi connectivity index (χ0v) is 22.0. The topological polar surface area (TPSA) is 97.5 Å². The predicted molar refractivity (Wildman–Crippen MR) is 146 cm³/mol. The normalized spacial score (nSPS) is 18.5. The van der Waals surface area contributed by atoms with Gasteiger partial charge in [-0.05, 0) is 48.9 Å². The fourth-order valence-electron chi connectivity index (χ4n) is 5.20. The van der Waals surface area contributed by atoms with E-state index >= 15 is 0 Å². The van der Waals surface area contributed by atoms with E-state index < -0.39 is 5.82 Å². The van der Waals surface area contributed by atoms with Crippen LogP contribution in [0.3, 0.4) is 0 Å². The quantitative estimate of drug-likeness (QED) is 0.619. The SMILES string of the molecule is O=C(Nc1cc(C(=O)N2CCNCC2)ccc1N1CCCN(C(=O)N2CCOCC2)CC1)c1ccc(F)cc1. The van der Waals surface area contributed by atoms with Gasteiger partial charge in [-0.15, -0.1) is 0 Å². The molecule has 0 saturated carbocycles. The van der Waals surface area contributed by atoms with Gasteiger partial charge in [-0.3, -0.25) is 9.59 Å². The summed E-state index contributed by atoms with van der Waals surface area (Å²) in [6, 6.07) is 10.8. The van der Waals surface area contributed by atoms with Crippen molar-refractivity contribution in [2.24, 2.45) is 0 Å². The number of anilines is 2. The second-order valence-electron chi connectivity index (χ2n) is 9.94. The van der Waals surface area contributed by atoms with Crippen molar-refractivity contribution < 1.29 is 23.5 Å². The summed E-state index contributed by atoms with van der Waals surface area (Å²) in [5.41, 5.74) is 2.11. The van der Waals surface area contributed by atoms with Crippen LogP contribution in [0.25, 0.3) is 0 Å². The molecule has 3 aliphatic heterocycles. The molecule has 0 atom stereocenters. The Hall–Kier alpha value is -3.70. The molecule has 208 valence electrons. The van der Waals surface area contributed by atoms with Crippen molar-refractivity contribution in [1.82, 2.24) is 20.0 Å². The molecule has 0 radical (unpaired) electrons. The van der Waals surface area contributed by atoms with Crippen LogP contribution in [-0.4, -0.2) is 111 Å². The average molecular weight is 539 g/mol. The molecule has 2 aromatic rings. The number of benzene rings is 2. The highest BCUT2D eigenvalue weighted by Gasteiger charge is 2.27. The number of hydrogen-bond donors (Lipinski definition) is 2. The van der Waals surface area contributed by atoms with E-state index in [2.05, 4.69) is 15.5 Å². The molecule has 3 aliphatic rings. The van der Waals surface area contributed by atoms with Crippen LogP contribution in [0.2, 0.25) is 0 Å². The van der Waals surface area contributed by atoms with Gasteiger partial charge in [0, 0.05) is 76.6 Å². The Balaban J connectivity index is 1.36. The van der Waals surface area contributed by atoms with E-state index in [1.165, 1.54) is 24.3 Å². The highest BCUT2D eigenvalue weighted by atomic mass is 19.1. The maximum atomic E-state index is 13.4. The number of carbonyl (C=O) groups is 3. The van der Waals surface area contributed by atoms with Crippen LogP contribution in [0.1, 0.15) is 27.1 Å². The summed E-state index contributed by atoms with van der Waals surface area (Å²) in [5, 5.41) is 6.21. The van der Waals surface area contributed by atoms with Crippen LogP contribution in [0.4, 0.5) is 20.6 Å². The van der Waals surface area contributed by atoms with Crippen molar-refractivity contribution >= 4 is 29.2 Å². The lowest BCUT2D eigenvalue weighted by Gasteiger charge is -2.32. The van der Waals surface area contributed by atoms with Crippen LogP contribution in [-0.2, 0) is 4.74 Å². The number of hydrogen-bond acceptors (Lipinski definition) is 6. The van der Waals surface area contributed by atoms with Gasteiger partial charge in [-0.25, -0.2) is 9.18 Å². The molecule has 0 aromatic heterocycles. The van der Waals surface area contributed by atoms with E-state index in [4.69, 9.17) is 4.74 Å². The highest BCUT2D eigenvalue weighted by Crippen LogP contribution is 2.30. The van der Waals surface area contributed by atoms with Gasteiger partial charge in [-0.2, -0.15) is 0 Å². The molecule has 0 unspecified atom stereocenters. The van der Waals surface area contributed by atoms with Crippen LogP contribution in [0, 0.1) is 5.82 Å². The van der Waals surface area contributed by atoms with Crippen molar-refractivity contribution in [1.29, 1.82) is 0 Å². The van der Waals surface area contributed by atoms with Gasteiger partial charge >= 0.3 is 6.03 Å². The van der Waals surface area contributed by atoms with Crippen molar-refractivity contribution in [3.63, 3.8) is 0 Å². The first-order chi connectivity index (χ1) is 19.0. The van der Waals surface area contributed by atoms with Gasteiger partial charge in [-0.1, -0.05) is 0 Å². The number of urea groups is 1. The van der Waals surface area contributed by atoms with Crippen LogP contribution in [0.15, 0.2) is 42.5 Å². The monoisotopic (exact) mass is 538 g/mol. The minimum absolute atomic E-state index is 0.0296. The summed E-state index contributed by atoms with van der Waals surface area (Å²) >= 11 is 0. The lowest BCUT2D eigenvalue weighted by atomic mass is 10.1. The zero-order valence-electron chi connectivity index (χ0n) is 22.0. The molecule has 3 heterocycles. The summed E-state index contributed by atoms with van der Waals surface area (Å²) in [5.74, 6) is -0.892. The highest BCUT2D eigenvalue weighted by molar-refractivity contribution is 6.07. The maximum absolute atomic E-state index is 13.4. The molecule has 39 heavy (non-hydrogen) atoms. The van der Waals surface area contributed by atoms with Crippen LogP contribution < -0.4 is 15.5 Å². The second-order valence-corrected chi connectivity index (χ2v) is 9.94. The first-order valence-corrected chi connectivity index (χ1v) is 13.6. The minimum Gasteiger partial charge on any atom is -0.378 e. The first-order valence-electron chi connectivity index (χ1n) is 13.6. The fraction of sp³-hybridized carbons (Fsp3) is 0.464. The summed E-state index contributed by atoms with van der Waals surface area (Å²) in [6.45, 7) is 7.50. The third-order valence-corrected chi connectivity index (χ3v) is 7.39. The Kier molecular flexibility index (Phi) is 8.58. The van der Waals surface area contributed by atoms with E-state index in [-0.39, 0.29) is 17.8 Å². The number of nitrogens with one attached hydrogen (secondary N) is 2. The summed E-state index contributed by atoms with van der Waals surface area (Å²) < 4.78 is 18.8. The van der Waals surface area contributed by atoms with Gasteiger partial charge in [0.15, 0.2) is 0 Å². The predicted octanol–water partition coefficient (Wildman–Crippen LogP) is 2.09. The van der Waals surface area contributed by atoms with Gasteiger partial charge in [0.2, 0.25) is 0 Å². The molecule has 2 aromatic carbocycles. The number of morpholine rings is 1. The van der Waals surface area contributed by atoms with Crippen molar-refractivity contribution in [3.8, 4) is 0 Å². The van der Waals surface area contributed by atoms with Gasteiger partial charge in [0.1, 0.15) is 5.82 Å². The van der Waals surface area contributed by atoms with Crippen LogP contribution >= 0.6 is 0 Å². The van der Waals surface area contributed by atoms with E-state index in [1.54, 1.807) is 17.0 Å². The van der Waals surface area contributed by atoms with E-state index in [9.17, 15) is 18.8 Å². The Bertz CT molecular complexity index is 1180. The van der Waals surface area contributed by atoms with E-state index in [1.807, 2.05) is 15.9 Å². The number of amides is 4. The van der Waals surface area contributed by atoms with Crippen molar-refractivity contribution in [2.75, 3.05) is 88.9 Å². The molecular formula is C28H35FN6O4. The number of ether oxygens (including phenoxy) is 1. The number of carbonyl (C=O) groups excluding carboxylic acids is 3. The van der Waals surface area contributed by atoms with Crippen molar-refractivity contribution in [3.05, 3.63) is 59.4 Å². The third kappa shape index (κ3) is 6.48. The maximum Gasteiger partial charge on any atom is 0.320 e. The molecular weight excluding hydrogens is 503 g/mol. The van der Waals surface area contributed by atoms with Crippen molar-refractivity contribution in [2.45, 2.75) is 6.42 Å². The third-order valence-electron chi connectivity index (χ3n) is 7.39. The van der Waals surface area contributed by atoms with E-state index in [0.717, 1.165) is 25.2 Å². The molecule has 11 heteroatoms. The Morgan fingerprint density at radius 2 is 1.46 bits per heavy atom. The number of rotatable bonds is 4. The lowest BCUT2D eigenvalue weighted by Crippen LogP contribution is -2.49. The Labute approximate surface area is 227 Å². The standard InChI is InChI=1S/C28H35FN6O4/c29-23-5-2-21(3-6-23)26(36)31-24-20-22(27(37)33-12-8-30-9-13-33)4-7-25(24)32-10-1-11-34(15-14-32)28(38)35-16-18-39-19-17-35/h2-7,20,30H,1,8-19H2,(H,31,36).